The van der Waals surface area contributed by atoms with Crippen molar-refractivity contribution in [1.29, 1.82) is 0 Å². The van der Waals surface area contributed by atoms with E-state index in [0.717, 1.165) is 18.4 Å². The SMILES string of the molecule is CC(CCc1ccc(O)cc1)NC(=O)C(C)Br. The fourth-order valence-corrected chi connectivity index (χ4v) is 1.61. The van der Waals surface area contributed by atoms with E-state index in [1.165, 1.54) is 0 Å². The van der Waals surface area contributed by atoms with Gasteiger partial charge in [0.25, 0.3) is 0 Å². The predicted octanol–water partition coefficient (Wildman–Crippen LogP) is 2.61. The van der Waals surface area contributed by atoms with Gasteiger partial charge in [0.15, 0.2) is 0 Å². The van der Waals surface area contributed by atoms with Crippen LogP contribution in [0.2, 0.25) is 0 Å². The monoisotopic (exact) mass is 299 g/mol. The third-order valence-corrected chi connectivity index (χ3v) is 2.97. The summed E-state index contributed by atoms with van der Waals surface area (Å²) in [4.78, 5) is 11.3. The van der Waals surface area contributed by atoms with Crippen molar-refractivity contribution >= 4 is 21.8 Å². The van der Waals surface area contributed by atoms with E-state index in [9.17, 15) is 4.79 Å². The Labute approximate surface area is 110 Å². The standard InChI is InChI=1S/C13H18BrNO2/c1-9(15-13(17)10(2)14)3-4-11-5-7-12(16)8-6-11/h5-10,16H,3-4H2,1-2H3,(H,15,17). The fraction of sp³-hybridized carbons (Fsp3) is 0.462. The molecule has 0 aliphatic rings. The average Bonchev–Trinajstić information content (AvgIpc) is 2.28. The van der Waals surface area contributed by atoms with Gasteiger partial charge in [0.05, 0.1) is 4.83 Å². The van der Waals surface area contributed by atoms with Gasteiger partial charge in [-0.2, -0.15) is 0 Å². The lowest BCUT2D eigenvalue weighted by Crippen LogP contribution is -2.36. The number of aromatic hydroxyl groups is 1. The van der Waals surface area contributed by atoms with Gasteiger partial charge in [-0.05, 0) is 44.4 Å². The van der Waals surface area contributed by atoms with Gasteiger partial charge < -0.3 is 10.4 Å². The number of phenolic OH excluding ortho intramolecular Hbond substituents is 1. The van der Waals surface area contributed by atoms with E-state index in [-0.39, 0.29) is 22.5 Å². The number of alkyl halides is 1. The first kappa shape index (κ1) is 14.0. The highest BCUT2D eigenvalue weighted by atomic mass is 79.9. The number of amides is 1. The normalized spacial score (nSPS) is 14.1. The molecule has 0 saturated carbocycles. The summed E-state index contributed by atoms with van der Waals surface area (Å²) in [6.45, 7) is 3.80. The van der Waals surface area contributed by atoms with E-state index in [1.54, 1.807) is 12.1 Å². The van der Waals surface area contributed by atoms with Crippen molar-refractivity contribution in [3.63, 3.8) is 0 Å². The van der Waals surface area contributed by atoms with Gasteiger partial charge in [-0.25, -0.2) is 0 Å². The number of carbonyl (C=O) groups excluding carboxylic acids is 1. The summed E-state index contributed by atoms with van der Waals surface area (Å²) in [5, 5.41) is 12.1. The van der Waals surface area contributed by atoms with Crippen molar-refractivity contribution in [3.05, 3.63) is 29.8 Å². The zero-order valence-electron chi connectivity index (χ0n) is 10.1. The number of nitrogens with one attached hydrogen (secondary N) is 1. The van der Waals surface area contributed by atoms with Crippen molar-refractivity contribution in [2.24, 2.45) is 0 Å². The maximum absolute atomic E-state index is 11.4. The number of rotatable bonds is 5. The number of phenols is 1. The molecular weight excluding hydrogens is 282 g/mol. The first-order chi connectivity index (χ1) is 7.99. The minimum absolute atomic E-state index is 0.0169. The van der Waals surface area contributed by atoms with Gasteiger partial charge in [-0.3, -0.25) is 4.79 Å². The number of benzene rings is 1. The third-order valence-electron chi connectivity index (χ3n) is 2.55. The molecule has 0 aliphatic carbocycles. The lowest BCUT2D eigenvalue weighted by Gasteiger charge is -2.14. The Bertz CT molecular complexity index is 362. The Morgan fingerprint density at radius 2 is 1.94 bits per heavy atom. The van der Waals surface area contributed by atoms with Crippen molar-refractivity contribution in [2.75, 3.05) is 0 Å². The van der Waals surface area contributed by atoms with Crippen molar-refractivity contribution < 1.29 is 9.90 Å². The van der Waals surface area contributed by atoms with Gasteiger partial charge in [-0.15, -0.1) is 0 Å². The molecule has 0 bridgehead atoms. The summed E-state index contributed by atoms with van der Waals surface area (Å²) in [5.74, 6) is 0.298. The zero-order chi connectivity index (χ0) is 12.8. The van der Waals surface area contributed by atoms with Gasteiger partial charge in [0.1, 0.15) is 5.75 Å². The second-order valence-corrected chi connectivity index (χ2v) is 5.60. The topological polar surface area (TPSA) is 49.3 Å². The molecule has 1 rings (SSSR count). The predicted molar refractivity (Wildman–Crippen MR) is 72.4 cm³/mol. The average molecular weight is 300 g/mol. The molecule has 94 valence electrons. The van der Waals surface area contributed by atoms with E-state index < -0.39 is 0 Å². The molecule has 3 nitrogen and oxygen atoms in total. The molecule has 1 amide bonds. The molecule has 2 N–H and O–H groups in total. The molecule has 1 aromatic carbocycles. The van der Waals surface area contributed by atoms with Crippen LogP contribution in [-0.2, 0) is 11.2 Å². The maximum atomic E-state index is 11.4. The Hall–Kier alpha value is -1.03. The summed E-state index contributed by atoms with van der Waals surface area (Å²) < 4.78 is 0. The molecule has 4 heteroatoms. The minimum Gasteiger partial charge on any atom is -0.508 e. The molecule has 0 heterocycles. The Morgan fingerprint density at radius 3 is 2.47 bits per heavy atom. The highest BCUT2D eigenvalue weighted by Gasteiger charge is 2.11. The van der Waals surface area contributed by atoms with E-state index in [4.69, 9.17) is 5.11 Å². The molecule has 2 unspecified atom stereocenters. The summed E-state index contributed by atoms with van der Waals surface area (Å²) >= 11 is 3.23. The molecule has 0 aliphatic heterocycles. The molecule has 2 atom stereocenters. The van der Waals surface area contributed by atoms with Crippen LogP contribution in [0.1, 0.15) is 25.8 Å². The first-order valence-electron chi connectivity index (χ1n) is 5.71. The summed E-state index contributed by atoms with van der Waals surface area (Å²) in [6.07, 6.45) is 1.77. The number of carbonyl (C=O) groups is 1. The van der Waals surface area contributed by atoms with Crippen LogP contribution in [0.25, 0.3) is 0 Å². The van der Waals surface area contributed by atoms with Crippen LogP contribution in [-0.4, -0.2) is 21.9 Å². The van der Waals surface area contributed by atoms with Crippen molar-refractivity contribution in [2.45, 2.75) is 37.6 Å². The van der Waals surface area contributed by atoms with Gasteiger partial charge >= 0.3 is 0 Å². The van der Waals surface area contributed by atoms with Crippen LogP contribution in [0.5, 0.6) is 5.75 Å². The largest absolute Gasteiger partial charge is 0.508 e. The van der Waals surface area contributed by atoms with Gasteiger partial charge in [-0.1, -0.05) is 28.1 Å². The van der Waals surface area contributed by atoms with Crippen molar-refractivity contribution in [1.82, 2.24) is 5.32 Å². The van der Waals surface area contributed by atoms with Crippen LogP contribution >= 0.6 is 15.9 Å². The summed E-state index contributed by atoms with van der Waals surface area (Å²) in [5.41, 5.74) is 1.16. The van der Waals surface area contributed by atoms with Gasteiger partial charge in [0, 0.05) is 6.04 Å². The van der Waals surface area contributed by atoms with Crippen LogP contribution in [0.3, 0.4) is 0 Å². The molecular formula is C13H18BrNO2. The molecule has 0 aromatic heterocycles. The molecule has 1 aromatic rings. The molecule has 0 radical (unpaired) electrons. The fourth-order valence-electron chi connectivity index (χ4n) is 1.48. The number of hydrogen-bond acceptors (Lipinski definition) is 2. The highest BCUT2D eigenvalue weighted by molar-refractivity contribution is 9.10. The Balaban J connectivity index is 2.35. The Kier molecular flexibility index (Phi) is 5.48. The number of aryl methyl sites for hydroxylation is 1. The molecule has 17 heavy (non-hydrogen) atoms. The molecule has 0 spiro atoms. The van der Waals surface area contributed by atoms with Crippen LogP contribution in [0, 0.1) is 0 Å². The third kappa shape index (κ3) is 5.22. The molecule has 0 fully saturated rings. The second-order valence-electron chi connectivity index (χ2n) is 4.23. The van der Waals surface area contributed by atoms with Crippen LogP contribution in [0.15, 0.2) is 24.3 Å². The summed E-state index contributed by atoms with van der Waals surface area (Å²) in [6, 6.07) is 7.31. The minimum atomic E-state index is -0.154. The zero-order valence-corrected chi connectivity index (χ0v) is 11.7. The quantitative estimate of drug-likeness (QED) is 0.821. The first-order valence-corrected chi connectivity index (χ1v) is 6.63. The van der Waals surface area contributed by atoms with Crippen molar-refractivity contribution in [3.8, 4) is 5.75 Å². The van der Waals surface area contributed by atoms with Crippen LogP contribution in [0.4, 0.5) is 0 Å². The molecule has 0 saturated heterocycles. The number of hydrogen-bond donors (Lipinski definition) is 2. The van der Waals surface area contributed by atoms with E-state index in [1.807, 2.05) is 26.0 Å². The van der Waals surface area contributed by atoms with E-state index >= 15 is 0 Å². The Morgan fingerprint density at radius 1 is 1.35 bits per heavy atom. The van der Waals surface area contributed by atoms with E-state index in [2.05, 4.69) is 21.2 Å². The van der Waals surface area contributed by atoms with Gasteiger partial charge in [0.2, 0.25) is 5.91 Å². The smallest absolute Gasteiger partial charge is 0.233 e. The number of halogens is 1. The maximum Gasteiger partial charge on any atom is 0.233 e. The summed E-state index contributed by atoms with van der Waals surface area (Å²) in [7, 11) is 0. The lowest BCUT2D eigenvalue weighted by atomic mass is 10.1. The van der Waals surface area contributed by atoms with E-state index in [0.29, 0.717) is 0 Å². The lowest BCUT2D eigenvalue weighted by molar-refractivity contribution is -0.120. The van der Waals surface area contributed by atoms with Crippen LogP contribution < -0.4 is 5.32 Å². The highest BCUT2D eigenvalue weighted by Crippen LogP contribution is 2.12. The second kappa shape index (κ2) is 6.64.